The maximum Gasteiger partial charge on any atom is 0.227 e. The Hall–Kier alpha value is -1.68. The zero-order valence-electron chi connectivity index (χ0n) is 10.8. The van der Waals surface area contributed by atoms with Crippen LogP contribution >= 0.6 is 0 Å². The molecule has 0 bridgehead atoms. The number of nitrogens with zero attached hydrogens (tertiary/aromatic N) is 1. The highest BCUT2D eigenvalue weighted by Gasteiger charge is 2.22. The first kappa shape index (κ1) is 12.8. The molecule has 0 radical (unpaired) electrons. The van der Waals surface area contributed by atoms with Gasteiger partial charge in [-0.05, 0) is 30.2 Å². The molecule has 0 spiro atoms. The van der Waals surface area contributed by atoms with Gasteiger partial charge in [0.05, 0.1) is 0 Å². The third-order valence-electron chi connectivity index (χ3n) is 3.51. The summed E-state index contributed by atoms with van der Waals surface area (Å²) < 4.78 is 0. The van der Waals surface area contributed by atoms with Gasteiger partial charge in [-0.1, -0.05) is 6.92 Å². The van der Waals surface area contributed by atoms with Gasteiger partial charge in [0.2, 0.25) is 5.91 Å². The minimum absolute atomic E-state index is 0.0693. The first-order valence-corrected chi connectivity index (χ1v) is 6.18. The Morgan fingerprint density at radius 1 is 1.44 bits per heavy atom. The first-order chi connectivity index (χ1) is 8.54. The Kier molecular flexibility index (Phi) is 3.48. The third-order valence-corrected chi connectivity index (χ3v) is 3.51. The lowest BCUT2D eigenvalue weighted by molar-refractivity contribution is -0.118. The monoisotopic (exact) mass is 246 g/mol. The van der Waals surface area contributed by atoms with Crippen LogP contribution in [0.1, 0.15) is 29.3 Å². The van der Waals surface area contributed by atoms with Crippen molar-refractivity contribution in [3.8, 4) is 0 Å². The summed E-state index contributed by atoms with van der Waals surface area (Å²) in [5.41, 5.74) is 8.17. The van der Waals surface area contributed by atoms with Crippen LogP contribution in [0.3, 0.4) is 0 Å². The molecule has 1 aliphatic heterocycles. The summed E-state index contributed by atoms with van der Waals surface area (Å²) >= 11 is 0. The molecule has 4 heteroatoms. The number of hydrogen-bond donors (Lipinski definition) is 1. The van der Waals surface area contributed by atoms with Crippen LogP contribution in [-0.4, -0.2) is 25.3 Å². The number of Topliss-reactive ketones (excluding diaryl/α,β-unsaturated/α-hetero) is 1. The molecule has 0 saturated heterocycles. The van der Waals surface area contributed by atoms with Crippen molar-refractivity contribution in [2.24, 2.45) is 11.7 Å². The lowest BCUT2D eigenvalue weighted by Gasteiger charge is -2.26. The Morgan fingerprint density at radius 2 is 2.17 bits per heavy atom. The molecule has 2 N–H and O–H groups in total. The zero-order chi connectivity index (χ0) is 13.3. The quantitative estimate of drug-likeness (QED) is 0.819. The van der Waals surface area contributed by atoms with Gasteiger partial charge in [-0.25, -0.2) is 0 Å². The molecule has 2 rings (SSSR count). The molecule has 1 aromatic carbocycles. The summed E-state index contributed by atoms with van der Waals surface area (Å²) in [4.78, 5) is 25.3. The van der Waals surface area contributed by atoms with E-state index in [1.807, 2.05) is 19.1 Å². The van der Waals surface area contributed by atoms with Gasteiger partial charge in [-0.2, -0.15) is 0 Å². The Labute approximate surface area is 107 Å². The lowest BCUT2D eigenvalue weighted by Crippen LogP contribution is -2.31. The van der Waals surface area contributed by atoms with Gasteiger partial charge in [-0.3, -0.25) is 9.59 Å². The number of fused-ring (bicyclic) bond motifs is 1. The number of benzene rings is 1. The summed E-state index contributed by atoms with van der Waals surface area (Å²) in [5, 5.41) is 0. The number of nitrogens with two attached hydrogens (primary N) is 1. The van der Waals surface area contributed by atoms with Gasteiger partial charge in [0.15, 0.2) is 5.78 Å². The van der Waals surface area contributed by atoms with Gasteiger partial charge in [0.1, 0.15) is 0 Å². The Bertz CT molecular complexity index is 497. The fourth-order valence-corrected chi connectivity index (χ4v) is 2.20. The molecule has 0 saturated carbocycles. The SMILES string of the molecule is CC(CN)C(=O)c1ccc2c(c1)CCC(=O)N2C. The highest BCUT2D eigenvalue weighted by atomic mass is 16.2. The van der Waals surface area contributed by atoms with Crippen molar-refractivity contribution >= 4 is 17.4 Å². The molecule has 1 unspecified atom stereocenters. The van der Waals surface area contributed by atoms with Gasteiger partial charge in [0, 0.05) is 37.2 Å². The van der Waals surface area contributed by atoms with E-state index in [2.05, 4.69) is 0 Å². The molecule has 0 fully saturated rings. The normalized spacial score (nSPS) is 16.4. The van der Waals surface area contributed by atoms with E-state index in [1.54, 1.807) is 18.0 Å². The standard InChI is InChI=1S/C14H18N2O2/c1-9(8-15)14(18)11-3-5-12-10(7-11)4-6-13(17)16(12)2/h3,5,7,9H,4,6,8,15H2,1-2H3. The number of amides is 1. The highest BCUT2D eigenvalue weighted by Crippen LogP contribution is 2.28. The highest BCUT2D eigenvalue weighted by molar-refractivity contribution is 6.00. The van der Waals surface area contributed by atoms with Gasteiger partial charge in [0.25, 0.3) is 0 Å². The molecule has 4 nitrogen and oxygen atoms in total. The van der Waals surface area contributed by atoms with E-state index < -0.39 is 0 Å². The number of carbonyl (C=O) groups excluding carboxylic acids is 2. The summed E-state index contributed by atoms with van der Waals surface area (Å²) in [6.07, 6.45) is 1.21. The average molecular weight is 246 g/mol. The molecule has 1 heterocycles. The Balaban J connectivity index is 2.34. The molecule has 0 aliphatic carbocycles. The minimum Gasteiger partial charge on any atom is -0.330 e. The van der Waals surface area contributed by atoms with Crippen molar-refractivity contribution in [3.63, 3.8) is 0 Å². The predicted octanol–water partition coefficient (Wildman–Crippen LogP) is 1.37. The van der Waals surface area contributed by atoms with Crippen molar-refractivity contribution in [2.45, 2.75) is 19.8 Å². The maximum atomic E-state index is 12.0. The maximum absolute atomic E-state index is 12.0. The van der Waals surface area contributed by atoms with Gasteiger partial charge >= 0.3 is 0 Å². The molecule has 1 amide bonds. The lowest BCUT2D eigenvalue weighted by atomic mass is 9.94. The zero-order valence-corrected chi connectivity index (χ0v) is 10.8. The largest absolute Gasteiger partial charge is 0.330 e. The van der Waals surface area contributed by atoms with E-state index in [-0.39, 0.29) is 17.6 Å². The molecular formula is C14H18N2O2. The van der Waals surface area contributed by atoms with E-state index in [1.165, 1.54) is 0 Å². The summed E-state index contributed by atoms with van der Waals surface area (Å²) in [5.74, 6) is 0.0303. The van der Waals surface area contributed by atoms with E-state index >= 15 is 0 Å². The topological polar surface area (TPSA) is 63.4 Å². The van der Waals surface area contributed by atoms with Crippen molar-refractivity contribution < 1.29 is 9.59 Å². The number of ketones is 1. The second-order valence-electron chi connectivity index (χ2n) is 4.80. The molecule has 96 valence electrons. The van der Waals surface area contributed by atoms with Crippen LogP contribution in [0, 0.1) is 5.92 Å². The third kappa shape index (κ3) is 2.16. The fraction of sp³-hybridized carbons (Fsp3) is 0.429. The van der Waals surface area contributed by atoms with E-state index in [9.17, 15) is 9.59 Å². The molecule has 18 heavy (non-hydrogen) atoms. The molecular weight excluding hydrogens is 228 g/mol. The van der Waals surface area contributed by atoms with Crippen LogP contribution in [-0.2, 0) is 11.2 Å². The number of carbonyl (C=O) groups is 2. The van der Waals surface area contributed by atoms with Crippen LogP contribution in [0.5, 0.6) is 0 Å². The van der Waals surface area contributed by atoms with Crippen LogP contribution in [0.15, 0.2) is 18.2 Å². The van der Waals surface area contributed by atoms with Crippen molar-refractivity contribution in [3.05, 3.63) is 29.3 Å². The summed E-state index contributed by atoms with van der Waals surface area (Å²) in [6.45, 7) is 2.19. The molecule has 0 aromatic heterocycles. The van der Waals surface area contributed by atoms with E-state index in [0.29, 0.717) is 24.9 Å². The van der Waals surface area contributed by atoms with Crippen molar-refractivity contribution in [1.82, 2.24) is 0 Å². The van der Waals surface area contributed by atoms with Crippen LogP contribution in [0.2, 0.25) is 0 Å². The van der Waals surface area contributed by atoms with Crippen LogP contribution in [0.25, 0.3) is 0 Å². The Morgan fingerprint density at radius 3 is 2.83 bits per heavy atom. The number of hydrogen-bond acceptors (Lipinski definition) is 3. The molecule has 1 aromatic rings. The average Bonchev–Trinajstić information content (AvgIpc) is 2.41. The molecule has 1 atom stereocenters. The van der Waals surface area contributed by atoms with Crippen LogP contribution < -0.4 is 10.6 Å². The van der Waals surface area contributed by atoms with Gasteiger partial charge in [-0.15, -0.1) is 0 Å². The van der Waals surface area contributed by atoms with E-state index in [4.69, 9.17) is 5.73 Å². The number of aryl methyl sites for hydroxylation is 1. The summed E-state index contributed by atoms with van der Waals surface area (Å²) in [6, 6.07) is 5.53. The molecule has 1 aliphatic rings. The predicted molar refractivity (Wildman–Crippen MR) is 70.7 cm³/mol. The smallest absolute Gasteiger partial charge is 0.227 e. The van der Waals surface area contributed by atoms with E-state index in [0.717, 1.165) is 11.3 Å². The first-order valence-electron chi connectivity index (χ1n) is 6.18. The van der Waals surface area contributed by atoms with Crippen LogP contribution in [0.4, 0.5) is 5.69 Å². The van der Waals surface area contributed by atoms with Crippen molar-refractivity contribution in [1.29, 1.82) is 0 Å². The van der Waals surface area contributed by atoms with Crippen molar-refractivity contribution in [2.75, 3.05) is 18.5 Å². The number of rotatable bonds is 3. The second kappa shape index (κ2) is 4.90. The minimum atomic E-state index is -0.161. The van der Waals surface area contributed by atoms with Gasteiger partial charge < -0.3 is 10.6 Å². The summed E-state index contributed by atoms with van der Waals surface area (Å²) in [7, 11) is 1.77. The number of anilines is 1. The fourth-order valence-electron chi connectivity index (χ4n) is 2.20. The second-order valence-corrected chi connectivity index (χ2v) is 4.80.